The van der Waals surface area contributed by atoms with Crippen LogP contribution in [0.2, 0.25) is 5.02 Å². The number of ether oxygens (including phenoxy) is 1. The zero-order valence-corrected chi connectivity index (χ0v) is 23.3. The van der Waals surface area contributed by atoms with Gasteiger partial charge in [0.05, 0.1) is 10.9 Å². The molecule has 0 spiro atoms. The van der Waals surface area contributed by atoms with Gasteiger partial charge in [0.2, 0.25) is 11.8 Å². The molecule has 3 heterocycles. The second kappa shape index (κ2) is 10.7. The van der Waals surface area contributed by atoms with Crippen LogP contribution in [0.5, 0.6) is 5.75 Å². The number of rotatable bonds is 7. The van der Waals surface area contributed by atoms with Crippen molar-refractivity contribution in [2.24, 2.45) is 5.92 Å². The Morgan fingerprint density at radius 2 is 1.83 bits per heavy atom. The standard InChI is InChI=1S/C28H20ClN3O7S2/c29-14-8-9-18(39-12-19(33)30-17-7-3-5-13-4-1-2-6-15(13)17)16(10-14)21-22-24(40-25-23(21)41-28(38)31-25)27(37)32(26(22)36)11-20(34)35/h1-10,21-22,24H,11-12H2,(H,30,33)(H,31,38)(H,34,35)/t21-,22?,24?/m0/s1. The van der Waals surface area contributed by atoms with Gasteiger partial charge in [-0.05, 0) is 29.7 Å². The summed E-state index contributed by atoms with van der Waals surface area (Å²) in [6, 6.07) is 17.9. The molecular formula is C28H20ClN3O7S2. The number of carbonyl (C=O) groups excluding carboxylic acids is 3. The van der Waals surface area contributed by atoms with Crippen LogP contribution in [0.3, 0.4) is 0 Å². The van der Waals surface area contributed by atoms with Crippen LogP contribution in [0.4, 0.5) is 5.69 Å². The number of likely N-dealkylation sites (tertiary alicyclic amines) is 1. The van der Waals surface area contributed by atoms with Crippen molar-refractivity contribution < 1.29 is 29.0 Å². The molecule has 10 nitrogen and oxygen atoms in total. The highest BCUT2D eigenvalue weighted by molar-refractivity contribution is 8.00. The van der Waals surface area contributed by atoms with Crippen molar-refractivity contribution in [3.8, 4) is 5.75 Å². The van der Waals surface area contributed by atoms with E-state index in [4.69, 9.17) is 16.3 Å². The monoisotopic (exact) mass is 609 g/mol. The summed E-state index contributed by atoms with van der Waals surface area (Å²) in [5.41, 5.74) is 1.02. The number of hydrogen-bond donors (Lipinski definition) is 3. The lowest BCUT2D eigenvalue weighted by atomic mass is 9.82. The smallest absolute Gasteiger partial charge is 0.323 e. The molecule has 3 atom stereocenters. The second-order valence-electron chi connectivity index (χ2n) is 9.45. The Kier molecular flexibility index (Phi) is 7.06. The van der Waals surface area contributed by atoms with Crippen molar-refractivity contribution in [1.82, 2.24) is 9.88 Å². The average Bonchev–Trinajstić information content (AvgIpc) is 3.43. The molecule has 1 fully saturated rings. The number of H-pyrrole nitrogens is 1. The second-order valence-corrected chi connectivity index (χ2v) is 12.1. The normalized spacial score (nSPS) is 19.6. The molecule has 13 heteroatoms. The van der Waals surface area contributed by atoms with E-state index in [1.54, 1.807) is 24.3 Å². The molecule has 1 saturated heterocycles. The topological polar surface area (TPSA) is 146 Å². The number of benzene rings is 3. The van der Waals surface area contributed by atoms with Crippen LogP contribution in [0.25, 0.3) is 10.8 Å². The van der Waals surface area contributed by atoms with Gasteiger partial charge in [-0.2, -0.15) is 0 Å². The highest BCUT2D eigenvalue weighted by atomic mass is 35.5. The fourth-order valence-electron chi connectivity index (χ4n) is 5.26. The summed E-state index contributed by atoms with van der Waals surface area (Å²) < 4.78 is 5.95. The predicted octanol–water partition coefficient (Wildman–Crippen LogP) is 3.94. The number of nitrogens with one attached hydrogen (secondary N) is 2. The van der Waals surface area contributed by atoms with Gasteiger partial charge in [0.1, 0.15) is 17.5 Å². The molecule has 6 rings (SSSR count). The van der Waals surface area contributed by atoms with Crippen LogP contribution in [0, 0.1) is 5.92 Å². The van der Waals surface area contributed by atoms with E-state index in [1.807, 2.05) is 36.4 Å². The molecule has 3 aromatic carbocycles. The van der Waals surface area contributed by atoms with Crippen molar-refractivity contribution in [3.05, 3.63) is 85.8 Å². The first-order valence-electron chi connectivity index (χ1n) is 12.4. The number of imide groups is 1. The SMILES string of the molecule is O=C(O)CN1C(=O)C2Sc3[nH]c(=O)sc3[C@@H](c3cc(Cl)ccc3OCC(=O)Nc3cccc4ccccc34)C2C1=O. The fraction of sp³-hybridized carbons (Fsp3) is 0.179. The maximum Gasteiger partial charge on any atom is 0.323 e. The lowest BCUT2D eigenvalue weighted by Crippen LogP contribution is -2.36. The molecule has 0 radical (unpaired) electrons. The van der Waals surface area contributed by atoms with E-state index in [1.165, 1.54) is 0 Å². The number of carbonyl (C=O) groups is 4. The van der Waals surface area contributed by atoms with Crippen molar-refractivity contribution in [2.45, 2.75) is 16.2 Å². The van der Waals surface area contributed by atoms with E-state index < -0.39 is 47.3 Å². The number of hydrogen-bond acceptors (Lipinski definition) is 8. The molecule has 208 valence electrons. The molecule has 0 saturated carbocycles. The zero-order valence-electron chi connectivity index (χ0n) is 21.0. The Labute approximate surface area is 245 Å². The Balaban J connectivity index is 1.33. The molecule has 1 aromatic heterocycles. The molecule has 2 aliphatic rings. The third-order valence-corrected chi connectivity index (χ3v) is 9.57. The summed E-state index contributed by atoms with van der Waals surface area (Å²) in [5, 5.41) is 13.8. The Morgan fingerprint density at radius 3 is 2.63 bits per heavy atom. The first-order valence-corrected chi connectivity index (χ1v) is 14.4. The number of thioether (sulfide) groups is 1. The molecule has 3 amide bonds. The van der Waals surface area contributed by atoms with Gasteiger partial charge < -0.3 is 20.1 Å². The third-order valence-electron chi connectivity index (χ3n) is 6.94. The van der Waals surface area contributed by atoms with Crippen molar-refractivity contribution >= 4 is 74.9 Å². The van der Waals surface area contributed by atoms with Gasteiger partial charge in [-0.15, -0.1) is 0 Å². The lowest BCUT2D eigenvalue weighted by molar-refractivity contribution is -0.149. The van der Waals surface area contributed by atoms with Gasteiger partial charge in [-0.1, -0.05) is 71.1 Å². The molecule has 0 aliphatic carbocycles. The molecule has 2 unspecified atom stereocenters. The minimum absolute atomic E-state index is 0.238. The minimum Gasteiger partial charge on any atom is -0.483 e. The zero-order chi connectivity index (χ0) is 28.8. The maximum atomic E-state index is 13.5. The van der Waals surface area contributed by atoms with Crippen molar-refractivity contribution in [1.29, 1.82) is 0 Å². The molecule has 3 N–H and O–H groups in total. The number of aromatic nitrogens is 1. The summed E-state index contributed by atoms with van der Waals surface area (Å²) in [6.07, 6.45) is 0. The van der Waals surface area contributed by atoms with Crippen LogP contribution >= 0.6 is 34.7 Å². The van der Waals surface area contributed by atoms with E-state index in [0.29, 0.717) is 26.2 Å². The van der Waals surface area contributed by atoms with Crippen LogP contribution in [0.15, 0.2) is 70.5 Å². The summed E-state index contributed by atoms with van der Waals surface area (Å²) in [4.78, 5) is 66.9. The van der Waals surface area contributed by atoms with E-state index in [0.717, 1.165) is 38.8 Å². The summed E-state index contributed by atoms with van der Waals surface area (Å²) >= 11 is 8.28. The number of nitrogens with zero attached hydrogens (tertiary/aromatic N) is 1. The predicted molar refractivity (Wildman–Crippen MR) is 154 cm³/mol. The van der Waals surface area contributed by atoms with E-state index in [2.05, 4.69) is 10.3 Å². The van der Waals surface area contributed by atoms with Crippen molar-refractivity contribution in [3.63, 3.8) is 0 Å². The number of carboxylic acids is 1. The Morgan fingerprint density at radius 1 is 1.05 bits per heavy atom. The first-order chi connectivity index (χ1) is 19.7. The number of fused-ring (bicyclic) bond motifs is 3. The quantitative estimate of drug-likeness (QED) is 0.267. The summed E-state index contributed by atoms with van der Waals surface area (Å²) in [7, 11) is 0. The van der Waals surface area contributed by atoms with E-state index >= 15 is 0 Å². The van der Waals surface area contributed by atoms with Crippen LogP contribution in [0.1, 0.15) is 16.4 Å². The molecule has 0 bridgehead atoms. The van der Waals surface area contributed by atoms with Gasteiger partial charge in [0, 0.05) is 32.5 Å². The molecular weight excluding hydrogens is 590 g/mol. The number of anilines is 1. The van der Waals surface area contributed by atoms with Crippen LogP contribution in [-0.4, -0.2) is 57.1 Å². The summed E-state index contributed by atoms with van der Waals surface area (Å²) in [6.45, 7) is -1.14. The van der Waals surface area contributed by atoms with Gasteiger partial charge in [-0.3, -0.25) is 28.9 Å². The molecule has 2 aliphatic heterocycles. The number of thiazole rings is 1. The number of carboxylic acid groups (broad SMARTS) is 1. The van der Waals surface area contributed by atoms with E-state index in [9.17, 15) is 29.1 Å². The number of halogens is 1. The summed E-state index contributed by atoms with van der Waals surface area (Å²) in [5.74, 6) is -4.66. The molecule has 4 aromatic rings. The number of aromatic amines is 1. The average molecular weight is 610 g/mol. The lowest BCUT2D eigenvalue weighted by Gasteiger charge is -2.31. The number of aliphatic carboxylic acids is 1. The molecule has 41 heavy (non-hydrogen) atoms. The third kappa shape index (κ3) is 4.98. The highest BCUT2D eigenvalue weighted by Gasteiger charge is 2.56. The van der Waals surface area contributed by atoms with Gasteiger partial charge in [0.25, 0.3) is 5.91 Å². The maximum absolute atomic E-state index is 13.5. The highest BCUT2D eigenvalue weighted by Crippen LogP contribution is 2.54. The van der Waals surface area contributed by atoms with Crippen LogP contribution in [-0.2, 0) is 19.2 Å². The first kappa shape index (κ1) is 27.1. The number of amides is 3. The largest absolute Gasteiger partial charge is 0.483 e. The Bertz CT molecular complexity index is 1800. The van der Waals surface area contributed by atoms with Crippen LogP contribution < -0.4 is 14.9 Å². The van der Waals surface area contributed by atoms with E-state index in [-0.39, 0.29) is 17.2 Å². The Hall–Kier alpha value is -4.13. The van der Waals surface area contributed by atoms with Crippen molar-refractivity contribution in [2.75, 3.05) is 18.5 Å². The van der Waals surface area contributed by atoms with Gasteiger partial charge in [-0.25, -0.2) is 0 Å². The van der Waals surface area contributed by atoms with Gasteiger partial charge in [0.15, 0.2) is 6.61 Å². The fourth-order valence-corrected chi connectivity index (χ4v) is 7.97. The van der Waals surface area contributed by atoms with Gasteiger partial charge >= 0.3 is 10.8 Å². The minimum atomic E-state index is -1.32.